The molecule has 0 saturated heterocycles. The number of rotatable bonds is 5. The smallest absolute Gasteiger partial charge is 0.416 e. The van der Waals surface area contributed by atoms with E-state index in [9.17, 15) is 35.9 Å². The summed E-state index contributed by atoms with van der Waals surface area (Å²) in [5.41, 5.74) is 0.156. The minimum absolute atomic E-state index is 0.0767. The second kappa shape index (κ2) is 10.8. The number of ether oxygens (including phenoxy) is 1. The van der Waals surface area contributed by atoms with E-state index in [0.717, 1.165) is 43.2 Å². The summed E-state index contributed by atoms with van der Waals surface area (Å²) in [6.45, 7) is 1.38. The third-order valence-electron chi connectivity index (χ3n) is 8.14. The standard InChI is InChI=1S/C29H31F6N3O3/c1-3-41-27(40)38-23(17-7-8-17)14-24(22-11-18-5-4-6-19(18)12-25(22)38)37(26(39)36-2)15-16-9-20(28(30,31)32)13-21(10-16)29(33,34)35/h9-13,17,23-24H,3-8,14-15H2,1-2H3,(H,36,39)/t23-,24-/m0/s1. The molecule has 0 radical (unpaired) electrons. The maximum Gasteiger partial charge on any atom is 0.416 e. The van der Waals surface area contributed by atoms with Gasteiger partial charge in [0.15, 0.2) is 0 Å². The highest BCUT2D eigenvalue weighted by Crippen LogP contribution is 2.50. The number of halogens is 6. The van der Waals surface area contributed by atoms with Crippen LogP contribution >= 0.6 is 0 Å². The molecule has 222 valence electrons. The third-order valence-corrected chi connectivity index (χ3v) is 8.14. The molecule has 2 aromatic rings. The van der Waals surface area contributed by atoms with Gasteiger partial charge in [-0.3, -0.25) is 4.90 Å². The number of amides is 3. The fourth-order valence-electron chi connectivity index (χ4n) is 6.13. The number of alkyl halides is 6. The molecule has 2 aliphatic carbocycles. The van der Waals surface area contributed by atoms with Crippen molar-refractivity contribution in [3.8, 4) is 0 Å². The Hall–Kier alpha value is -3.44. The Labute approximate surface area is 233 Å². The number of benzene rings is 2. The van der Waals surface area contributed by atoms with Crippen molar-refractivity contribution in [2.45, 2.75) is 76.4 Å². The summed E-state index contributed by atoms with van der Waals surface area (Å²) >= 11 is 0. The van der Waals surface area contributed by atoms with Gasteiger partial charge in [-0.25, -0.2) is 9.59 Å². The lowest BCUT2D eigenvalue weighted by Gasteiger charge is -2.44. The van der Waals surface area contributed by atoms with Crippen molar-refractivity contribution in [2.75, 3.05) is 18.6 Å². The predicted molar refractivity (Wildman–Crippen MR) is 138 cm³/mol. The first kappa shape index (κ1) is 29.1. The first-order valence-corrected chi connectivity index (χ1v) is 13.7. The number of fused-ring (bicyclic) bond motifs is 2. The highest BCUT2D eigenvalue weighted by molar-refractivity contribution is 5.91. The van der Waals surface area contributed by atoms with E-state index in [1.165, 1.54) is 11.9 Å². The van der Waals surface area contributed by atoms with E-state index in [0.29, 0.717) is 23.4 Å². The van der Waals surface area contributed by atoms with Crippen molar-refractivity contribution < 1.29 is 40.7 Å². The molecule has 1 saturated carbocycles. The molecule has 6 nitrogen and oxygen atoms in total. The number of urea groups is 1. The molecule has 3 amide bonds. The minimum Gasteiger partial charge on any atom is -0.449 e. The number of anilines is 1. The zero-order chi connectivity index (χ0) is 29.7. The lowest BCUT2D eigenvalue weighted by Crippen LogP contribution is -2.51. The summed E-state index contributed by atoms with van der Waals surface area (Å²) in [5, 5.41) is 2.51. The van der Waals surface area contributed by atoms with E-state index < -0.39 is 48.2 Å². The van der Waals surface area contributed by atoms with Gasteiger partial charge in [0, 0.05) is 19.6 Å². The van der Waals surface area contributed by atoms with Gasteiger partial charge in [0.25, 0.3) is 0 Å². The molecule has 0 aromatic heterocycles. The highest BCUT2D eigenvalue weighted by Gasteiger charge is 2.47. The molecular formula is C29H31F6N3O3. The van der Waals surface area contributed by atoms with Gasteiger partial charge in [-0.2, -0.15) is 26.3 Å². The van der Waals surface area contributed by atoms with Crippen molar-refractivity contribution in [3.05, 3.63) is 63.7 Å². The molecule has 0 unspecified atom stereocenters. The second-order valence-electron chi connectivity index (χ2n) is 10.9. The molecule has 2 atom stereocenters. The monoisotopic (exact) mass is 583 g/mol. The van der Waals surface area contributed by atoms with Crippen LogP contribution in [0.2, 0.25) is 0 Å². The number of nitrogens with zero attached hydrogens (tertiary/aromatic N) is 2. The fraction of sp³-hybridized carbons (Fsp3) is 0.517. The zero-order valence-electron chi connectivity index (χ0n) is 22.7. The Kier molecular flexibility index (Phi) is 7.63. The SMILES string of the molecule is CCOC(=O)N1c2cc3c(cc2[C@@H](N(Cc2cc(C(F)(F)F)cc(C(F)(F)F)c2)C(=O)NC)C[C@H]1C1CC1)CCC3. The van der Waals surface area contributed by atoms with Crippen molar-refractivity contribution in [3.63, 3.8) is 0 Å². The predicted octanol–water partition coefficient (Wildman–Crippen LogP) is 7.24. The van der Waals surface area contributed by atoms with Crippen LogP contribution in [0.25, 0.3) is 0 Å². The summed E-state index contributed by atoms with van der Waals surface area (Å²) in [7, 11) is 1.36. The molecule has 0 bridgehead atoms. The molecule has 41 heavy (non-hydrogen) atoms. The summed E-state index contributed by atoms with van der Waals surface area (Å²) in [4.78, 5) is 29.4. The molecule has 2 aromatic carbocycles. The maximum atomic E-state index is 13.6. The van der Waals surface area contributed by atoms with Gasteiger partial charge >= 0.3 is 24.5 Å². The van der Waals surface area contributed by atoms with E-state index in [1.54, 1.807) is 11.8 Å². The first-order chi connectivity index (χ1) is 19.3. The largest absolute Gasteiger partial charge is 0.449 e. The van der Waals surface area contributed by atoms with Crippen LogP contribution in [-0.4, -0.2) is 36.7 Å². The van der Waals surface area contributed by atoms with Crippen molar-refractivity contribution in [1.82, 2.24) is 10.2 Å². The first-order valence-electron chi connectivity index (χ1n) is 13.7. The van der Waals surface area contributed by atoms with Gasteiger partial charge in [-0.1, -0.05) is 6.07 Å². The van der Waals surface area contributed by atoms with Crippen LogP contribution < -0.4 is 10.2 Å². The summed E-state index contributed by atoms with van der Waals surface area (Å²) in [6, 6.07) is 3.56. The Morgan fingerprint density at radius 2 is 1.59 bits per heavy atom. The van der Waals surface area contributed by atoms with Crippen LogP contribution in [0.4, 0.5) is 41.6 Å². The number of hydrogen-bond donors (Lipinski definition) is 1. The van der Waals surface area contributed by atoms with Crippen LogP contribution in [0.1, 0.15) is 72.0 Å². The topological polar surface area (TPSA) is 61.9 Å². The maximum absolute atomic E-state index is 13.6. The van der Waals surface area contributed by atoms with Crippen LogP contribution in [0.5, 0.6) is 0 Å². The van der Waals surface area contributed by atoms with Crippen LogP contribution in [-0.2, 0) is 36.5 Å². The number of carbonyl (C=O) groups excluding carboxylic acids is 2. The minimum atomic E-state index is -5.01. The van der Waals surface area contributed by atoms with Gasteiger partial charge in [0.05, 0.1) is 29.5 Å². The Morgan fingerprint density at radius 1 is 0.976 bits per heavy atom. The molecule has 0 spiro atoms. The average Bonchev–Trinajstić information content (AvgIpc) is 3.66. The van der Waals surface area contributed by atoms with Gasteiger partial charge in [0.2, 0.25) is 0 Å². The Morgan fingerprint density at radius 3 is 2.12 bits per heavy atom. The molecule has 1 aliphatic heterocycles. The summed E-state index contributed by atoms with van der Waals surface area (Å²) in [5.74, 6) is 0.139. The van der Waals surface area contributed by atoms with Crippen molar-refractivity contribution >= 4 is 17.8 Å². The quantitative estimate of drug-likeness (QED) is 0.378. The van der Waals surface area contributed by atoms with Crippen LogP contribution in [0.3, 0.4) is 0 Å². The molecule has 1 heterocycles. The molecule has 1 fully saturated rings. The summed E-state index contributed by atoms with van der Waals surface area (Å²) in [6.07, 6.45) is -6.02. The average molecular weight is 584 g/mol. The molecule has 12 heteroatoms. The lowest BCUT2D eigenvalue weighted by molar-refractivity contribution is -0.143. The van der Waals surface area contributed by atoms with Gasteiger partial charge in [-0.05, 0) is 97.9 Å². The number of aryl methyl sites for hydroxylation is 2. The Balaban J connectivity index is 1.63. The molecule has 1 N–H and O–H groups in total. The van der Waals surface area contributed by atoms with E-state index >= 15 is 0 Å². The van der Waals surface area contributed by atoms with Gasteiger partial charge < -0.3 is 15.0 Å². The van der Waals surface area contributed by atoms with E-state index in [1.807, 2.05) is 12.1 Å². The van der Waals surface area contributed by atoms with Crippen molar-refractivity contribution in [1.29, 1.82) is 0 Å². The highest BCUT2D eigenvalue weighted by atomic mass is 19.4. The van der Waals surface area contributed by atoms with E-state index in [4.69, 9.17) is 4.74 Å². The Bertz CT molecular complexity index is 1310. The normalized spacial score (nSPS) is 20.3. The zero-order valence-corrected chi connectivity index (χ0v) is 22.7. The number of nitrogens with one attached hydrogen (secondary N) is 1. The van der Waals surface area contributed by atoms with E-state index in [2.05, 4.69) is 5.32 Å². The van der Waals surface area contributed by atoms with Crippen LogP contribution in [0, 0.1) is 5.92 Å². The van der Waals surface area contributed by atoms with Crippen LogP contribution in [0.15, 0.2) is 30.3 Å². The molecule has 3 aliphatic rings. The van der Waals surface area contributed by atoms with E-state index in [-0.39, 0.29) is 36.6 Å². The summed E-state index contributed by atoms with van der Waals surface area (Å²) < 4.78 is 87.0. The fourth-order valence-corrected chi connectivity index (χ4v) is 6.13. The number of hydrogen-bond acceptors (Lipinski definition) is 3. The third kappa shape index (κ3) is 5.83. The number of carbonyl (C=O) groups is 2. The molecular weight excluding hydrogens is 552 g/mol. The van der Waals surface area contributed by atoms with Gasteiger partial charge in [-0.15, -0.1) is 0 Å². The van der Waals surface area contributed by atoms with Crippen molar-refractivity contribution in [2.24, 2.45) is 5.92 Å². The second-order valence-corrected chi connectivity index (χ2v) is 10.9. The lowest BCUT2D eigenvalue weighted by atomic mass is 9.86. The van der Waals surface area contributed by atoms with Gasteiger partial charge in [0.1, 0.15) is 0 Å². The molecule has 5 rings (SSSR count).